The van der Waals surface area contributed by atoms with Gasteiger partial charge in [0.25, 0.3) is 5.91 Å². The van der Waals surface area contributed by atoms with Gasteiger partial charge in [-0.3, -0.25) is 9.59 Å². The van der Waals surface area contributed by atoms with Crippen molar-refractivity contribution in [2.75, 3.05) is 39.8 Å². The summed E-state index contributed by atoms with van der Waals surface area (Å²) in [5.74, 6) is 0.798. The molecule has 25 heavy (non-hydrogen) atoms. The number of rotatable bonds is 4. The first kappa shape index (κ1) is 17.9. The van der Waals surface area contributed by atoms with E-state index in [1.165, 1.54) is 0 Å². The minimum absolute atomic E-state index is 0.0449. The SMILES string of the molecule is CNCC1CCN(C(=O)C2CCCN(C(=O)c3ccc(C)cc3)C2)C1. The zero-order valence-electron chi connectivity index (χ0n) is 15.3. The van der Waals surface area contributed by atoms with Crippen molar-refractivity contribution in [3.05, 3.63) is 35.4 Å². The predicted octanol–water partition coefficient (Wildman–Crippen LogP) is 1.92. The summed E-state index contributed by atoms with van der Waals surface area (Å²) in [4.78, 5) is 29.5. The molecule has 3 rings (SSSR count). The molecule has 1 N–H and O–H groups in total. The number of aryl methyl sites for hydroxylation is 1. The first-order valence-electron chi connectivity index (χ1n) is 9.38. The molecule has 1 aromatic rings. The van der Waals surface area contributed by atoms with Gasteiger partial charge in [0.2, 0.25) is 5.91 Å². The van der Waals surface area contributed by atoms with Gasteiger partial charge in [0.05, 0.1) is 5.92 Å². The molecule has 2 aliphatic rings. The van der Waals surface area contributed by atoms with Gasteiger partial charge in [-0.2, -0.15) is 0 Å². The van der Waals surface area contributed by atoms with Crippen LogP contribution in [0.5, 0.6) is 0 Å². The van der Waals surface area contributed by atoms with Crippen molar-refractivity contribution in [2.24, 2.45) is 11.8 Å². The van der Waals surface area contributed by atoms with Crippen LogP contribution in [0.1, 0.15) is 35.2 Å². The summed E-state index contributed by atoms with van der Waals surface area (Å²) in [6.45, 7) is 5.99. The molecule has 0 bridgehead atoms. The molecular formula is C20H29N3O2. The van der Waals surface area contributed by atoms with Crippen LogP contribution >= 0.6 is 0 Å². The molecule has 5 heteroatoms. The van der Waals surface area contributed by atoms with Crippen molar-refractivity contribution in [1.82, 2.24) is 15.1 Å². The number of benzene rings is 1. The molecule has 5 nitrogen and oxygen atoms in total. The molecule has 2 aliphatic heterocycles. The van der Waals surface area contributed by atoms with Crippen LogP contribution in [0.25, 0.3) is 0 Å². The van der Waals surface area contributed by atoms with E-state index < -0.39 is 0 Å². The molecule has 0 aliphatic carbocycles. The van der Waals surface area contributed by atoms with Crippen LogP contribution in [-0.4, -0.2) is 61.4 Å². The van der Waals surface area contributed by atoms with Gasteiger partial charge < -0.3 is 15.1 Å². The third kappa shape index (κ3) is 4.21. The summed E-state index contributed by atoms with van der Waals surface area (Å²) in [5.41, 5.74) is 1.86. The minimum Gasteiger partial charge on any atom is -0.342 e. The summed E-state index contributed by atoms with van der Waals surface area (Å²) in [5, 5.41) is 3.20. The van der Waals surface area contributed by atoms with E-state index in [1.54, 1.807) is 0 Å². The van der Waals surface area contributed by atoms with Crippen LogP contribution in [0.15, 0.2) is 24.3 Å². The standard InChI is InChI=1S/C20H29N3O2/c1-15-5-7-17(8-6-15)19(24)22-10-3-4-18(14-22)20(25)23-11-9-16(13-23)12-21-2/h5-8,16,18,21H,3-4,9-14H2,1-2H3. The van der Waals surface area contributed by atoms with E-state index in [1.807, 2.05) is 48.0 Å². The van der Waals surface area contributed by atoms with Gasteiger partial charge in [-0.15, -0.1) is 0 Å². The molecule has 1 aromatic carbocycles. The number of carbonyl (C=O) groups is 2. The second-order valence-electron chi connectivity index (χ2n) is 7.45. The summed E-state index contributed by atoms with van der Waals surface area (Å²) < 4.78 is 0. The molecule has 136 valence electrons. The highest BCUT2D eigenvalue weighted by Crippen LogP contribution is 2.24. The maximum absolute atomic E-state index is 12.9. The molecule has 0 saturated carbocycles. The monoisotopic (exact) mass is 343 g/mol. The molecule has 2 saturated heterocycles. The smallest absolute Gasteiger partial charge is 0.253 e. The van der Waals surface area contributed by atoms with Gasteiger partial charge in [0.1, 0.15) is 0 Å². The Kier molecular flexibility index (Phi) is 5.74. The lowest BCUT2D eigenvalue weighted by atomic mass is 9.96. The number of carbonyl (C=O) groups excluding carboxylic acids is 2. The lowest BCUT2D eigenvalue weighted by Gasteiger charge is -2.34. The fourth-order valence-corrected chi connectivity index (χ4v) is 3.99. The molecule has 0 spiro atoms. The lowest BCUT2D eigenvalue weighted by Crippen LogP contribution is -2.46. The zero-order valence-corrected chi connectivity index (χ0v) is 15.3. The molecule has 2 atom stereocenters. The molecule has 0 aromatic heterocycles. The molecule has 2 heterocycles. The van der Waals surface area contributed by atoms with Crippen LogP contribution < -0.4 is 5.32 Å². The normalized spacial score (nSPS) is 23.8. The Labute approximate surface area is 150 Å². The molecule has 0 radical (unpaired) electrons. The highest BCUT2D eigenvalue weighted by Gasteiger charge is 2.34. The van der Waals surface area contributed by atoms with Crippen molar-refractivity contribution in [3.8, 4) is 0 Å². The quantitative estimate of drug-likeness (QED) is 0.909. The maximum atomic E-state index is 12.9. The Morgan fingerprint density at radius 2 is 1.84 bits per heavy atom. The number of nitrogens with one attached hydrogen (secondary N) is 1. The summed E-state index contributed by atoms with van der Waals surface area (Å²) in [6.07, 6.45) is 2.87. The average molecular weight is 343 g/mol. The Morgan fingerprint density at radius 1 is 1.08 bits per heavy atom. The molecule has 2 amide bonds. The number of nitrogens with zero attached hydrogens (tertiary/aromatic N) is 2. The van der Waals surface area contributed by atoms with Gasteiger partial charge in [0, 0.05) is 31.7 Å². The number of hydrogen-bond acceptors (Lipinski definition) is 3. The van der Waals surface area contributed by atoms with Crippen molar-refractivity contribution >= 4 is 11.8 Å². The Balaban J connectivity index is 1.60. The van der Waals surface area contributed by atoms with Gasteiger partial charge in [0.15, 0.2) is 0 Å². The third-order valence-electron chi connectivity index (χ3n) is 5.45. The lowest BCUT2D eigenvalue weighted by molar-refractivity contribution is -0.136. The fourth-order valence-electron chi connectivity index (χ4n) is 3.99. The van der Waals surface area contributed by atoms with Crippen molar-refractivity contribution in [3.63, 3.8) is 0 Å². The second kappa shape index (κ2) is 8.00. The van der Waals surface area contributed by atoms with Crippen LogP contribution in [0.4, 0.5) is 0 Å². The zero-order chi connectivity index (χ0) is 17.8. The van der Waals surface area contributed by atoms with Crippen LogP contribution in [0, 0.1) is 18.8 Å². The van der Waals surface area contributed by atoms with Gasteiger partial charge >= 0.3 is 0 Å². The van der Waals surface area contributed by atoms with E-state index in [0.29, 0.717) is 18.0 Å². The van der Waals surface area contributed by atoms with E-state index in [9.17, 15) is 9.59 Å². The molecule has 2 unspecified atom stereocenters. The third-order valence-corrected chi connectivity index (χ3v) is 5.45. The van der Waals surface area contributed by atoms with E-state index in [-0.39, 0.29) is 17.7 Å². The second-order valence-corrected chi connectivity index (χ2v) is 7.45. The molecule has 2 fully saturated rings. The Morgan fingerprint density at radius 3 is 2.56 bits per heavy atom. The number of hydrogen-bond donors (Lipinski definition) is 1. The van der Waals surface area contributed by atoms with Gasteiger partial charge in [-0.25, -0.2) is 0 Å². The highest BCUT2D eigenvalue weighted by atomic mass is 16.2. The van der Waals surface area contributed by atoms with Crippen LogP contribution in [-0.2, 0) is 4.79 Å². The maximum Gasteiger partial charge on any atom is 0.253 e. The molecular weight excluding hydrogens is 314 g/mol. The average Bonchev–Trinajstić information content (AvgIpc) is 3.10. The summed E-state index contributed by atoms with van der Waals surface area (Å²) in [6, 6.07) is 7.69. The van der Waals surface area contributed by atoms with Gasteiger partial charge in [-0.05, 0) is 57.8 Å². The van der Waals surface area contributed by atoms with Gasteiger partial charge in [-0.1, -0.05) is 17.7 Å². The van der Waals surface area contributed by atoms with E-state index in [2.05, 4.69) is 5.32 Å². The minimum atomic E-state index is -0.0449. The van der Waals surface area contributed by atoms with Crippen LogP contribution in [0.2, 0.25) is 0 Å². The van der Waals surface area contributed by atoms with E-state index in [0.717, 1.165) is 51.0 Å². The Hall–Kier alpha value is -1.88. The van der Waals surface area contributed by atoms with E-state index in [4.69, 9.17) is 0 Å². The predicted molar refractivity (Wildman–Crippen MR) is 98.4 cm³/mol. The summed E-state index contributed by atoms with van der Waals surface area (Å²) in [7, 11) is 1.96. The Bertz CT molecular complexity index is 614. The topological polar surface area (TPSA) is 52.7 Å². The van der Waals surface area contributed by atoms with E-state index >= 15 is 0 Å². The number of piperidine rings is 1. The van der Waals surface area contributed by atoms with Crippen molar-refractivity contribution in [1.29, 1.82) is 0 Å². The largest absolute Gasteiger partial charge is 0.342 e. The number of amides is 2. The van der Waals surface area contributed by atoms with Crippen molar-refractivity contribution < 1.29 is 9.59 Å². The highest BCUT2D eigenvalue weighted by molar-refractivity contribution is 5.94. The van der Waals surface area contributed by atoms with Crippen molar-refractivity contribution in [2.45, 2.75) is 26.2 Å². The fraction of sp³-hybridized carbons (Fsp3) is 0.600. The first-order valence-corrected chi connectivity index (χ1v) is 9.38. The first-order chi connectivity index (χ1) is 12.1. The number of likely N-dealkylation sites (tertiary alicyclic amines) is 2. The summed E-state index contributed by atoms with van der Waals surface area (Å²) >= 11 is 0. The van der Waals surface area contributed by atoms with Crippen LogP contribution in [0.3, 0.4) is 0 Å².